The van der Waals surface area contributed by atoms with E-state index < -0.39 is 12.0 Å². The molecule has 5 heteroatoms. The lowest BCUT2D eigenvalue weighted by molar-refractivity contribution is -0.150. The van der Waals surface area contributed by atoms with E-state index in [1.54, 1.807) is 6.08 Å². The van der Waals surface area contributed by atoms with Gasteiger partial charge in [0.2, 0.25) is 5.91 Å². The van der Waals surface area contributed by atoms with Gasteiger partial charge in [-0.1, -0.05) is 12.5 Å². The van der Waals surface area contributed by atoms with Gasteiger partial charge in [0.05, 0.1) is 0 Å². The summed E-state index contributed by atoms with van der Waals surface area (Å²) in [5.41, 5.74) is 6.05. The van der Waals surface area contributed by atoms with Crippen LogP contribution in [0.25, 0.3) is 0 Å². The molecule has 1 atom stereocenters. The Labute approximate surface area is 105 Å². The van der Waals surface area contributed by atoms with Crippen LogP contribution < -0.4 is 5.73 Å². The molecule has 0 radical (unpaired) electrons. The largest absolute Gasteiger partial charge is 0.490 e. The molecule has 3 nitrogen and oxygen atoms in total. The van der Waals surface area contributed by atoms with Crippen molar-refractivity contribution in [1.82, 2.24) is 0 Å². The van der Waals surface area contributed by atoms with Crippen LogP contribution in [0.4, 0.5) is 8.78 Å². The number of alkyl halides is 2. The molecule has 0 saturated heterocycles. The predicted octanol–water partition coefficient (Wildman–Crippen LogP) is 2.53. The topological polar surface area (TPSA) is 52.3 Å². The molecule has 1 fully saturated rings. The Morgan fingerprint density at radius 3 is 2.78 bits per heavy atom. The molecular weight excluding hydrogens is 240 g/mol. The van der Waals surface area contributed by atoms with E-state index in [4.69, 9.17) is 10.5 Å². The summed E-state index contributed by atoms with van der Waals surface area (Å²) in [4.78, 5) is 10.9. The van der Waals surface area contributed by atoms with Gasteiger partial charge in [0.15, 0.2) is 0 Å². The van der Waals surface area contributed by atoms with E-state index in [9.17, 15) is 13.6 Å². The smallest absolute Gasteiger partial charge is 0.255 e. The van der Waals surface area contributed by atoms with E-state index in [1.165, 1.54) is 0 Å². The summed E-state index contributed by atoms with van der Waals surface area (Å²) in [7, 11) is 0. The first-order valence-corrected chi connectivity index (χ1v) is 6.08. The molecule has 2 aliphatic carbocycles. The molecule has 0 heterocycles. The van der Waals surface area contributed by atoms with Crippen molar-refractivity contribution < 1.29 is 18.3 Å². The van der Waals surface area contributed by atoms with E-state index in [1.807, 2.05) is 13.0 Å². The third-order valence-electron chi connectivity index (χ3n) is 3.14. The highest BCUT2D eigenvalue weighted by molar-refractivity contribution is 5.76. The van der Waals surface area contributed by atoms with E-state index in [-0.39, 0.29) is 31.1 Å². The lowest BCUT2D eigenvalue weighted by atomic mass is 9.90. The molecule has 2 aliphatic rings. The number of hydrogen-bond donors (Lipinski definition) is 1. The third-order valence-corrected chi connectivity index (χ3v) is 3.14. The first kappa shape index (κ1) is 13.1. The Morgan fingerprint density at radius 1 is 1.56 bits per heavy atom. The molecule has 2 N–H and O–H groups in total. The summed E-state index contributed by atoms with van der Waals surface area (Å²) < 4.78 is 30.9. The van der Waals surface area contributed by atoms with Crippen LogP contribution in [-0.2, 0) is 9.53 Å². The van der Waals surface area contributed by atoms with Crippen molar-refractivity contribution in [2.75, 3.05) is 0 Å². The fraction of sp³-hybridized carbons (Fsp3) is 0.615. The van der Waals surface area contributed by atoms with E-state index in [0.29, 0.717) is 5.76 Å². The predicted molar refractivity (Wildman–Crippen MR) is 62.8 cm³/mol. The van der Waals surface area contributed by atoms with Crippen molar-refractivity contribution in [1.29, 1.82) is 0 Å². The number of amides is 1. The SMILES string of the molecule is CC1C=C(OC2CC(F)(F)C2)C=C(CC(N)=O)C1. The molecule has 2 rings (SSSR count). The van der Waals surface area contributed by atoms with Crippen molar-refractivity contribution >= 4 is 5.91 Å². The standard InChI is InChI=1S/C13H17F2NO2/c1-8-2-9(5-12(16)17)4-10(3-8)18-11-6-13(14,15)7-11/h3-4,8,11H,2,5-7H2,1H3,(H2,16,17). The average molecular weight is 257 g/mol. The molecule has 100 valence electrons. The lowest BCUT2D eigenvalue weighted by Gasteiger charge is -2.35. The van der Waals surface area contributed by atoms with Gasteiger partial charge in [0, 0.05) is 19.3 Å². The molecule has 18 heavy (non-hydrogen) atoms. The number of carbonyl (C=O) groups excluding carboxylic acids is 1. The molecule has 0 aromatic heterocycles. The Bertz CT molecular complexity index is 407. The van der Waals surface area contributed by atoms with Gasteiger partial charge in [-0.15, -0.1) is 0 Å². The molecular formula is C13H17F2NO2. The maximum atomic E-state index is 12.7. The van der Waals surface area contributed by atoms with Crippen LogP contribution in [0.3, 0.4) is 0 Å². The Morgan fingerprint density at radius 2 is 2.22 bits per heavy atom. The van der Waals surface area contributed by atoms with Gasteiger partial charge in [-0.25, -0.2) is 8.78 Å². The third kappa shape index (κ3) is 3.31. The number of primary amides is 1. The highest BCUT2D eigenvalue weighted by atomic mass is 19.3. The van der Waals surface area contributed by atoms with E-state index >= 15 is 0 Å². The summed E-state index contributed by atoms with van der Waals surface area (Å²) in [5, 5.41) is 0. The van der Waals surface area contributed by atoms with Gasteiger partial charge in [0.1, 0.15) is 11.9 Å². The molecule has 0 aromatic carbocycles. The van der Waals surface area contributed by atoms with E-state index in [0.717, 1.165) is 12.0 Å². The molecule has 0 aliphatic heterocycles. The van der Waals surface area contributed by atoms with Crippen molar-refractivity contribution in [2.45, 2.75) is 44.6 Å². The number of allylic oxidation sites excluding steroid dienone is 2. The number of halogens is 2. The van der Waals surface area contributed by atoms with Gasteiger partial charge in [-0.2, -0.15) is 0 Å². The Kier molecular flexibility index (Phi) is 3.41. The van der Waals surface area contributed by atoms with Crippen LogP contribution in [-0.4, -0.2) is 17.9 Å². The van der Waals surface area contributed by atoms with Crippen molar-refractivity contribution in [3.8, 4) is 0 Å². The second kappa shape index (κ2) is 4.71. The van der Waals surface area contributed by atoms with Crippen molar-refractivity contribution in [2.24, 2.45) is 11.7 Å². The first-order chi connectivity index (χ1) is 8.34. The zero-order chi connectivity index (χ0) is 13.3. The first-order valence-electron chi connectivity index (χ1n) is 6.08. The highest BCUT2D eigenvalue weighted by Gasteiger charge is 2.47. The second-order valence-corrected chi connectivity index (χ2v) is 5.20. The maximum absolute atomic E-state index is 12.7. The van der Waals surface area contributed by atoms with Crippen LogP contribution in [0.5, 0.6) is 0 Å². The van der Waals surface area contributed by atoms with Gasteiger partial charge < -0.3 is 10.5 Å². The van der Waals surface area contributed by atoms with Crippen molar-refractivity contribution in [3.05, 3.63) is 23.5 Å². The number of ether oxygens (including phenoxy) is 1. The van der Waals surface area contributed by atoms with Gasteiger partial charge in [-0.05, 0) is 24.5 Å². The maximum Gasteiger partial charge on any atom is 0.255 e. The Hall–Kier alpha value is -1.39. The number of carbonyl (C=O) groups is 1. The Balaban J connectivity index is 1.95. The normalized spacial score (nSPS) is 26.9. The number of hydrogen-bond acceptors (Lipinski definition) is 2. The molecule has 1 saturated carbocycles. The molecule has 1 unspecified atom stereocenters. The summed E-state index contributed by atoms with van der Waals surface area (Å²) in [6.45, 7) is 1.99. The van der Waals surface area contributed by atoms with Gasteiger partial charge in [-0.3, -0.25) is 4.79 Å². The van der Waals surface area contributed by atoms with Gasteiger partial charge >= 0.3 is 0 Å². The summed E-state index contributed by atoms with van der Waals surface area (Å²) >= 11 is 0. The quantitative estimate of drug-likeness (QED) is 0.841. The van der Waals surface area contributed by atoms with Crippen LogP contribution in [0.2, 0.25) is 0 Å². The zero-order valence-corrected chi connectivity index (χ0v) is 10.3. The minimum atomic E-state index is -2.58. The van der Waals surface area contributed by atoms with Crippen molar-refractivity contribution in [3.63, 3.8) is 0 Å². The van der Waals surface area contributed by atoms with Crippen LogP contribution in [0, 0.1) is 5.92 Å². The summed E-state index contributed by atoms with van der Waals surface area (Å²) in [6.07, 6.45) is 3.75. The summed E-state index contributed by atoms with van der Waals surface area (Å²) in [6, 6.07) is 0. The second-order valence-electron chi connectivity index (χ2n) is 5.20. The molecule has 0 aromatic rings. The fourth-order valence-corrected chi connectivity index (χ4v) is 2.36. The van der Waals surface area contributed by atoms with Crippen LogP contribution >= 0.6 is 0 Å². The number of rotatable bonds is 4. The minimum Gasteiger partial charge on any atom is -0.490 e. The fourth-order valence-electron chi connectivity index (χ4n) is 2.36. The average Bonchev–Trinajstić information content (AvgIpc) is 2.11. The molecule has 1 amide bonds. The number of nitrogens with two attached hydrogens (primary N) is 1. The monoisotopic (exact) mass is 257 g/mol. The lowest BCUT2D eigenvalue weighted by Crippen LogP contribution is -2.41. The van der Waals surface area contributed by atoms with Crippen LogP contribution in [0.1, 0.15) is 32.6 Å². The van der Waals surface area contributed by atoms with Crippen LogP contribution in [0.15, 0.2) is 23.5 Å². The molecule has 0 bridgehead atoms. The molecule has 0 spiro atoms. The van der Waals surface area contributed by atoms with Gasteiger partial charge in [0.25, 0.3) is 5.92 Å². The minimum absolute atomic E-state index is 0.200. The summed E-state index contributed by atoms with van der Waals surface area (Å²) in [5.74, 6) is -2.14. The zero-order valence-electron chi connectivity index (χ0n) is 10.3. The highest BCUT2D eigenvalue weighted by Crippen LogP contribution is 2.41. The van der Waals surface area contributed by atoms with E-state index in [2.05, 4.69) is 0 Å².